The van der Waals surface area contributed by atoms with E-state index in [4.69, 9.17) is 11.6 Å². The van der Waals surface area contributed by atoms with Crippen molar-refractivity contribution in [3.05, 3.63) is 23.4 Å². The van der Waals surface area contributed by atoms with Gasteiger partial charge in [-0.1, -0.05) is 11.6 Å². The van der Waals surface area contributed by atoms with Crippen LogP contribution in [0.3, 0.4) is 0 Å². The predicted molar refractivity (Wildman–Crippen MR) is 75.3 cm³/mol. The average Bonchev–Trinajstić information content (AvgIpc) is 3.25. The Balaban J connectivity index is 1.51. The van der Waals surface area contributed by atoms with E-state index in [1.165, 1.54) is 0 Å². The van der Waals surface area contributed by atoms with Gasteiger partial charge in [-0.2, -0.15) is 0 Å². The Bertz CT molecular complexity index is 450. The number of rotatable bonds is 3. The van der Waals surface area contributed by atoms with Gasteiger partial charge in [0.05, 0.1) is 5.02 Å². The number of hydrogen-bond donors (Lipinski definition) is 1. The fourth-order valence-corrected chi connectivity index (χ4v) is 2.58. The first-order chi connectivity index (χ1) is 9.22. The van der Waals surface area contributed by atoms with Gasteiger partial charge in [-0.05, 0) is 37.8 Å². The highest BCUT2D eigenvalue weighted by Gasteiger charge is 2.31. The molecule has 4 nitrogen and oxygen atoms in total. The van der Waals surface area contributed by atoms with E-state index in [9.17, 15) is 4.79 Å². The molecule has 2 fully saturated rings. The van der Waals surface area contributed by atoms with E-state index in [1.807, 2.05) is 12.1 Å². The zero-order valence-electron chi connectivity index (χ0n) is 10.8. The van der Waals surface area contributed by atoms with Crippen LogP contribution in [0.4, 0.5) is 5.82 Å². The fourth-order valence-electron chi connectivity index (χ4n) is 2.47. The van der Waals surface area contributed by atoms with E-state index in [0.29, 0.717) is 17.0 Å². The standard InChI is InChI=1S/C14H18ClN3O/c15-11-3-4-13(16-9-11)18-7-5-12(6-8-18)17-14(19)10-1-2-10/h3-4,9-10,12H,1-2,5-8H2,(H,17,19). The molecule has 2 heterocycles. The molecule has 0 aromatic carbocycles. The number of anilines is 1. The van der Waals surface area contributed by atoms with E-state index in [2.05, 4.69) is 15.2 Å². The molecule has 102 valence electrons. The van der Waals surface area contributed by atoms with Gasteiger partial charge in [0.15, 0.2) is 0 Å². The normalized spacial score (nSPS) is 20.4. The lowest BCUT2D eigenvalue weighted by Gasteiger charge is -2.33. The molecule has 1 aromatic rings. The van der Waals surface area contributed by atoms with Gasteiger partial charge in [-0.3, -0.25) is 4.79 Å². The molecule has 0 spiro atoms. The van der Waals surface area contributed by atoms with Crippen molar-refractivity contribution < 1.29 is 4.79 Å². The van der Waals surface area contributed by atoms with Crippen molar-refractivity contribution in [3.63, 3.8) is 0 Å². The van der Waals surface area contributed by atoms with Crippen molar-refractivity contribution in [1.82, 2.24) is 10.3 Å². The van der Waals surface area contributed by atoms with Crippen LogP contribution >= 0.6 is 11.6 Å². The molecule has 1 N–H and O–H groups in total. The Hall–Kier alpha value is -1.29. The third kappa shape index (κ3) is 3.18. The van der Waals surface area contributed by atoms with E-state index >= 15 is 0 Å². The number of carbonyl (C=O) groups excluding carboxylic acids is 1. The number of aromatic nitrogens is 1. The molecule has 0 bridgehead atoms. The van der Waals surface area contributed by atoms with E-state index in [1.54, 1.807) is 6.20 Å². The SMILES string of the molecule is O=C(NC1CCN(c2ccc(Cl)cn2)CC1)C1CC1. The third-order valence-electron chi connectivity index (χ3n) is 3.83. The zero-order valence-corrected chi connectivity index (χ0v) is 11.6. The summed E-state index contributed by atoms with van der Waals surface area (Å²) in [6, 6.07) is 4.15. The first kappa shape index (κ1) is 12.7. The average molecular weight is 280 g/mol. The largest absolute Gasteiger partial charge is 0.356 e. The van der Waals surface area contributed by atoms with Gasteiger partial charge in [0, 0.05) is 31.2 Å². The van der Waals surface area contributed by atoms with Crippen molar-refractivity contribution in [3.8, 4) is 0 Å². The Morgan fingerprint density at radius 2 is 2.00 bits per heavy atom. The van der Waals surface area contributed by atoms with Crippen LogP contribution in [0.2, 0.25) is 5.02 Å². The minimum Gasteiger partial charge on any atom is -0.356 e. The third-order valence-corrected chi connectivity index (χ3v) is 4.05. The summed E-state index contributed by atoms with van der Waals surface area (Å²) in [4.78, 5) is 18.3. The molecule has 3 rings (SSSR count). The number of halogens is 1. The highest BCUT2D eigenvalue weighted by atomic mass is 35.5. The van der Waals surface area contributed by atoms with Gasteiger partial charge >= 0.3 is 0 Å². The summed E-state index contributed by atoms with van der Waals surface area (Å²) >= 11 is 5.84. The number of hydrogen-bond acceptors (Lipinski definition) is 3. The smallest absolute Gasteiger partial charge is 0.223 e. The molecule has 0 unspecified atom stereocenters. The van der Waals surface area contributed by atoms with Gasteiger partial charge in [0.25, 0.3) is 0 Å². The van der Waals surface area contributed by atoms with Gasteiger partial charge in [-0.15, -0.1) is 0 Å². The number of amides is 1. The van der Waals surface area contributed by atoms with E-state index in [0.717, 1.165) is 44.6 Å². The zero-order chi connectivity index (χ0) is 13.2. The van der Waals surface area contributed by atoms with Crippen molar-refractivity contribution in [1.29, 1.82) is 0 Å². The summed E-state index contributed by atoms with van der Waals surface area (Å²) in [5.74, 6) is 1.52. The summed E-state index contributed by atoms with van der Waals surface area (Å²) in [6.45, 7) is 1.87. The number of carbonyl (C=O) groups is 1. The summed E-state index contributed by atoms with van der Waals surface area (Å²) in [5.41, 5.74) is 0. The molecule has 1 saturated carbocycles. The van der Waals surface area contributed by atoms with Crippen LogP contribution in [0.1, 0.15) is 25.7 Å². The van der Waals surface area contributed by atoms with Gasteiger partial charge in [-0.25, -0.2) is 4.98 Å². The van der Waals surface area contributed by atoms with E-state index in [-0.39, 0.29) is 5.91 Å². The van der Waals surface area contributed by atoms with Crippen LogP contribution in [0, 0.1) is 5.92 Å². The lowest BCUT2D eigenvalue weighted by Crippen LogP contribution is -2.45. The molecular weight excluding hydrogens is 262 g/mol. The first-order valence-electron chi connectivity index (χ1n) is 6.89. The van der Waals surface area contributed by atoms with Crippen LogP contribution in [0.5, 0.6) is 0 Å². The Morgan fingerprint density at radius 3 is 2.58 bits per heavy atom. The second-order valence-corrected chi connectivity index (χ2v) is 5.82. The van der Waals surface area contributed by atoms with Crippen molar-refractivity contribution >= 4 is 23.3 Å². The van der Waals surface area contributed by atoms with Gasteiger partial charge < -0.3 is 10.2 Å². The van der Waals surface area contributed by atoms with Gasteiger partial charge in [0.1, 0.15) is 5.82 Å². The number of nitrogens with one attached hydrogen (secondary N) is 1. The first-order valence-corrected chi connectivity index (χ1v) is 7.27. The minimum atomic E-state index is 0.253. The second-order valence-electron chi connectivity index (χ2n) is 5.38. The van der Waals surface area contributed by atoms with Gasteiger partial charge in [0.2, 0.25) is 5.91 Å². The maximum atomic E-state index is 11.7. The Kier molecular flexibility index (Phi) is 3.60. The number of piperidine rings is 1. The summed E-state index contributed by atoms with van der Waals surface area (Å²) in [5, 5.41) is 3.82. The molecule has 1 aliphatic carbocycles. The molecule has 1 amide bonds. The van der Waals surface area contributed by atoms with Crippen LogP contribution in [0.15, 0.2) is 18.3 Å². The molecule has 2 aliphatic rings. The molecule has 1 saturated heterocycles. The predicted octanol–water partition coefficient (Wildman–Crippen LogP) is 2.23. The minimum absolute atomic E-state index is 0.253. The summed E-state index contributed by atoms with van der Waals surface area (Å²) in [7, 11) is 0. The Morgan fingerprint density at radius 1 is 1.26 bits per heavy atom. The highest BCUT2D eigenvalue weighted by Crippen LogP contribution is 2.29. The van der Waals surface area contributed by atoms with Crippen LogP contribution < -0.4 is 10.2 Å². The Labute approximate surface area is 118 Å². The maximum absolute atomic E-state index is 11.7. The maximum Gasteiger partial charge on any atom is 0.223 e. The quantitative estimate of drug-likeness (QED) is 0.923. The van der Waals surface area contributed by atoms with Crippen LogP contribution in [0.25, 0.3) is 0 Å². The molecular formula is C14H18ClN3O. The second kappa shape index (κ2) is 5.37. The molecule has 5 heteroatoms. The molecule has 19 heavy (non-hydrogen) atoms. The summed E-state index contributed by atoms with van der Waals surface area (Å²) < 4.78 is 0. The molecule has 0 radical (unpaired) electrons. The van der Waals surface area contributed by atoms with Crippen molar-refractivity contribution in [2.24, 2.45) is 5.92 Å². The molecule has 1 aromatic heterocycles. The topological polar surface area (TPSA) is 45.2 Å². The highest BCUT2D eigenvalue weighted by molar-refractivity contribution is 6.30. The number of pyridine rings is 1. The molecule has 1 aliphatic heterocycles. The fraction of sp³-hybridized carbons (Fsp3) is 0.571. The monoisotopic (exact) mass is 279 g/mol. The lowest BCUT2D eigenvalue weighted by atomic mass is 10.0. The van der Waals surface area contributed by atoms with E-state index < -0.39 is 0 Å². The lowest BCUT2D eigenvalue weighted by molar-refractivity contribution is -0.123. The van der Waals surface area contributed by atoms with Crippen molar-refractivity contribution in [2.75, 3.05) is 18.0 Å². The van der Waals surface area contributed by atoms with Crippen LogP contribution in [-0.2, 0) is 4.79 Å². The van der Waals surface area contributed by atoms with Crippen LogP contribution in [-0.4, -0.2) is 30.0 Å². The van der Waals surface area contributed by atoms with Crippen molar-refractivity contribution in [2.45, 2.75) is 31.7 Å². The summed E-state index contributed by atoms with van der Waals surface area (Å²) in [6.07, 6.45) is 5.79. The molecule has 0 atom stereocenters. The number of nitrogens with zero attached hydrogens (tertiary/aromatic N) is 2.